The van der Waals surface area contributed by atoms with Gasteiger partial charge in [0.25, 0.3) is 0 Å². The summed E-state index contributed by atoms with van der Waals surface area (Å²) < 4.78 is 0. The lowest BCUT2D eigenvalue weighted by Crippen LogP contribution is -2.56. The van der Waals surface area contributed by atoms with Crippen molar-refractivity contribution in [2.24, 2.45) is 5.41 Å². The van der Waals surface area contributed by atoms with E-state index in [1.807, 2.05) is 28.9 Å². The Hall–Kier alpha value is -1.46. The zero-order chi connectivity index (χ0) is 20.6. The van der Waals surface area contributed by atoms with Gasteiger partial charge in [0.05, 0.1) is 10.0 Å². The molecule has 0 aromatic heterocycles. The molecule has 0 N–H and O–H groups in total. The summed E-state index contributed by atoms with van der Waals surface area (Å²) in [6.45, 7) is 5.79. The highest BCUT2D eigenvalue weighted by molar-refractivity contribution is 6.42. The topological polar surface area (TPSA) is 43.9 Å². The number of anilines is 1. The number of nitrogens with zero attached hydrogens (tertiary/aromatic N) is 3. The second-order valence-corrected chi connectivity index (χ2v) is 9.59. The molecule has 29 heavy (non-hydrogen) atoms. The van der Waals surface area contributed by atoms with Crippen LogP contribution in [0.15, 0.2) is 18.2 Å². The Morgan fingerprint density at radius 3 is 2.45 bits per heavy atom. The van der Waals surface area contributed by atoms with Gasteiger partial charge in [-0.3, -0.25) is 9.59 Å². The molecule has 2 aliphatic heterocycles. The van der Waals surface area contributed by atoms with Crippen molar-refractivity contribution in [1.29, 1.82) is 0 Å². The monoisotopic (exact) mass is 437 g/mol. The van der Waals surface area contributed by atoms with Gasteiger partial charge in [-0.05, 0) is 62.6 Å². The molecule has 1 aromatic carbocycles. The standard InChI is InChI=1S/C22H29Cl2N3O2/c1-16-21(29)26(13-14-27(16)17-4-5-18(23)19(24)15-17)10-2-3-20(28)25-11-8-22(6-7-22)9-12-25/h4-5,15-16H,2-3,6-14H2,1H3/t16-/m0/s1. The third-order valence-electron chi connectivity index (χ3n) is 6.93. The molecule has 1 aliphatic carbocycles. The Bertz CT molecular complexity index is 786. The van der Waals surface area contributed by atoms with Gasteiger partial charge in [-0.1, -0.05) is 23.2 Å². The number of carbonyl (C=O) groups is 2. The first-order valence-corrected chi connectivity index (χ1v) is 11.4. The van der Waals surface area contributed by atoms with Gasteiger partial charge in [0.1, 0.15) is 6.04 Å². The number of carbonyl (C=O) groups excluding carboxylic acids is 2. The van der Waals surface area contributed by atoms with Crippen molar-refractivity contribution in [2.75, 3.05) is 37.6 Å². The Kier molecular flexibility index (Phi) is 5.99. The molecule has 1 atom stereocenters. The van der Waals surface area contributed by atoms with Crippen LogP contribution in [0.1, 0.15) is 45.4 Å². The van der Waals surface area contributed by atoms with E-state index in [0.717, 1.165) is 31.7 Å². The van der Waals surface area contributed by atoms with Gasteiger partial charge in [0, 0.05) is 44.8 Å². The van der Waals surface area contributed by atoms with Crippen molar-refractivity contribution in [1.82, 2.24) is 9.80 Å². The predicted molar refractivity (Wildman–Crippen MR) is 117 cm³/mol. The summed E-state index contributed by atoms with van der Waals surface area (Å²) in [5.74, 6) is 0.346. The Labute approximate surface area is 182 Å². The van der Waals surface area contributed by atoms with Crippen LogP contribution < -0.4 is 4.90 Å². The van der Waals surface area contributed by atoms with E-state index in [0.29, 0.717) is 35.0 Å². The van der Waals surface area contributed by atoms with E-state index in [-0.39, 0.29) is 17.9 Å². The number of likely N-dealkylation sites (tertiary alicyclic amines) is 1. The van der Waals surface area contributed by atoms with Crippen molar-refractivity contribution in [3.8, 4) is 0 Å². The second-order valence-electron chi connectivity index (χ2n) is 8.78. The summed E-state index contributed by atoms with van der Waals surface area (Å²) in [5, 5.41) is 1.01. The molecule has 1 aromatic rings. The van der Waals surface area contributed by atoms with Gasteiger partial charge in [0.2, 0.25) is 11.8 Å². The third kappa shape index (κ3) is 4.51. The summed E-state index contributed by atoms with van der Waals surface area (Å²) in [5.41, 5.74) is 1.50. The van der Waals surface area contributed by atoms with E-state index in [9.17, 15) is 9.59 Å². The average Bonchev–Trinajstić information content (AvgIpc) is 3.47. The highest BCUT2D eigenvalue weighted by Gasteiger charge is 2.45. The Morgan fingerprint density at radius 1 is 1.07 bits per heavy atom. The van der Waals surface area contributed by atoms with Crippen molar-refractivity contribution in [3.63, 3.8) is 0 Å². The molecule has 0 unspecified atom stereocenters. The minimum Gasteiger partial charge on any atom is -0.358 e. The molecule has 0 bridgehead atoms. The number of hydrogen-bond donors (Lipinski definition) is 0. The molecule has 3 fully saturated rings. The van der Waals surface area contributed by atoms with Gasteiger partial charge in [-0.2, -0.15) is 0 Å². The first-order valence-electron chi connectivity index (χ1n) is 10.7. The number of rotatable bonds is 5. The van der Waals surface area contributed by atoms with E-state index in [4.69, 9.17) is 23.2 Å². The maximum absolute atomic E-state index is 12.8. The summed E-state index contributed by atoms with van der Waals surface area (Å²) in [6, 6.07) is 5.22. The minimum absolute atomic E-state index is 0.100. The first kappa shape index (κ1) is 20.8. The molecule has 5 nitrogen and oxygen atoms in total. The largest absolute Gasteiger partial charge is 0.358 e. The first-order chi connectivity index (χ1) is 13.9. The summed E-state index contributed by atoms with van der Waals surface area (Å²) in [7, 11) is 0. The Balaban J connectivity index is 1.24. The van der Waals surface area contributed by atoms with E-state index in [1.54, 1.807) is 6.07 Å². The van der Waals surface area contributed by atoms with Crippen LogP contribution in [0, 0.1) is 5.41 Å². The van der Waals surface area contributed by atoms with Crippen molar-refractivity contribution in [3.05, 3.63) is 28.2 Å². The van der Waals surface area contributed by atoms with Crippen LogP contribution in [0.25, 0.3) is 0 Å². The van der Waals surface area contributed by atoms with Gasteiger partial charge < -0.3 is 14.7 Å². The summed E-state index contributed by atoms with van der Waals surface area (Å²) in [4.78, 5) is 31.3. The summed E-state index contributed by atoms with van der Waals surface area (Å²) in [6.07, 6.45) is 6.30. The van der Waals surface area contributed by atoms with Crippen molar-refractivity contribution < 1.29 is 9.59 Å². The summed E-state index contributed by atoms with van der Waals surface area (Å²) >= 11 is 12.1. The van der Waals surface area contributed by atoms with E-state index in [2.05, 4.69) is 4.90 Å². The highest BCUT2D eigenvalue weighted by atomic mass is 35.5. The fourth-order valence-electron chi connectivity index (χ4n) is 4.65. The van der Waals surface area contributed by atoms with Crippen LogP contribution in [-0.4, -0.2) is 60.4 Å². The molecule has 1 saturated carbocycles. The van der Waals surface area contributed by atoms with E-state index in [1.165, 1.54) is 25.7 Å². The van der Waals surface area contributed by atoms with Crippen LogP contribution in [0.2, 0.25) is 10.0 Å². The van der Waals surface area contributed by atoms with Gasteiger partial charge >= 0.3 is 0 Å². The number of piperidine rings is 1. The lowest BCUT2D eigenvalue weighted by atomic mass is 9.93. The van der Waals surface area contributed by atoms with E-state index < -0.39 is 0 Å². The molecule has 4 rings (SSSR count). The molecule has 0 radical (unpaired) electrons. The lowest BCUT2D eigenvalue weighted by molar-refractivity contribution is -0.136. The lowest BCUT2D eigenvalue weighted by Gasteiger charge is -2.40. The molecule has 2 saturated heterocycles. The molecule has 3 aliphatic rings. The SMILES string of the molecule is C[C@H]1C(=O)N(CCCC(=O)N2CCC3(CC2)CC3)CCN1c1ccc(Cl)c(Cl)c1. The number of hydrogen-bond acceptors (Lipinski definition) is 3. The number of amides is 2. The predicted octanol–water partition coefficient (Wildman–Crippen LogP) is 4.21. The number of benzene rings is 1. The fourth-order valence-corrected chi connectivity index (χ4v) is 4.95. The van der Waals surface area contributed by atoms with E-state index >= 15 is 0 Å². The number of halogens is 2. The highest BCUT2D eigenvalue weighted by Crippen LogP contribution is 2.53. The second kappa shape index (κ2) is 8.35. The van der Waals surface area contributed by atoms with Gasteiger partial charge in [-0.15, -0.1) is 0 Å². The average molecular weight is 438 g/mol. The van der Waals surface area contributed by atoms with Crippen LogP contribution in [0.5, 0.6) is 0 Å². The van der Waals surface area contributed by atoms with Gasteiger partial charge in [-0.25, -0.2) is 0 Å². The molecule has 2 amide bonds. The normalized spacial score (nSPS) is 23.6. The smallest absolute Gasteiger partial charge is 0.245 e. The fraction of sp³-hybridized carbons (Fsp3) is 0.636. The molecule has 158 valence electrons. The molecule has 1 spiro atoms. The van der Waals surface area contributed by atoms with Crippen molar-refractivity contribution in [2.45, 2.75) is 51.5 Å². The van der Waals surface area contributed by atoms with Crippen LogP contribution >= 0.6 is 23.2 Å². The third-order valence-corrected chi connectivity index (χ3v) is 7.67. The minimum atomic E-state index is -0.256. The maximum atomic E-state index is 12.8. The zero-order valence-corrected chi connectivity index (χ0v) is 18.5. The molecular formula is C22H29Cl2N3O2. The maximum Gasteiger partial charge on any atom is 0.245 e. The Morgan fingerprint density at radius 2 is 1.79 bits per heavy atom. The quantitative estimate of drug-likeness (QED) is 0.692. The molecule has 7 heteroatoms. The van der Waals surface area contributed by atoms with Crippen LogP contribution in [-0.2, 0) is 9.59 Å². The van der Waals surface area contributed by atoms with Gasteiger partial charge in [0.15, 0.2) is 0 Å². The number of piperazine rings is 1. The van der Waals surface area contributed by atoms with Crippen LogP contribution in [0.4, 0.5) is 5.69 Å². The molecule has 2 heterocycles. The zero-order valence-electron chi connectivity index (χ0n) is 17.0. The molecular weight excluding hydrogens is 409 g/mol. The van der Waals surface area contributed by atoms with Crippen LogP contribution in [0.3, 0.4) is 0 Å². The van der Waals surface area contributed by atoms with Crippen molar-refractivity contribution >= 4 is 40.7 Å².